The Balaban J connectivity index is 2.45. The molecule has 126 valence electrons. The molecule has 1 aromatic heterocycles. The molecule has 1 rings (SSSR count). The van der Waals surface area contributed by atoms with Crippen molar-refractivity contribution < 1.29 is 9.53 Å². The zero-order valence-electron chi connectivity index (χ0n) is 14.7. The quantitative estimate of drug-likeness (QED) is 0.812. The summed E-state index contributed by atoms with van der Waals surface area (Å²) < 4.78 is 7.08. The first-order valence-electron chi connectivity index (χ1n) is 7.90. The van der Waals surface area contributed by atoms with Crippen molar-refractivity contribution in [3.05, 3.63) is 17.5 Å². The lowest BCUT2D eigenvalue weighted by Gasteiger charge is -2.22. The molecule has 0 aliphatic carbocycles. The molecule has 1 unspecified atom stereocenters. The number of nitrogens with zero attached hydrogens (tertiary/aromatic N) is 2. The van der Waals surface area contributed by atoms with E-state index in [4.69, 9.17) is 4.74 Å². The van der Waals surface area contributed by atoms with E-state index in [0.717, 1.165) is 25.1 Å². The average Bonchev–Trinajstić information content (AvgIpc) is 2.69. The van der Waals surface area contributed by atoms with Crippen LogP contribution in [0.3, 0.4) is 0 Å². The Morgan fingerprint density at radius 3 is 2.64 bits per heavy atom. The molecule has 0 fully saturated rings. The Hall–Kier alpha value is -1.56. The number of hydrogen-bond acceptors (Lipinski definition) is 4. The number of aromatic nitrogens is 2. The smallest absolute Gasteiger partial charge is 0.407 e. The summed E-state index contributed by atoms with van der Waals surface area (Å²) in [5.74, 6) is 0. The number of nitrogens with one attached hydrogen (secondary N) is 2. The third-order valence-electron chi connectivity index (χ3n) is 3.23. The molecule has 22 heavy (non-hydrogen) atoms. The summed E-state index contributed by atoms with van der Waals surface area (Å²) in [6, 6.07) is 0.220. The number of amides is 1. The van der Waals surface area contributed by atoms with Crippen LogP contribution in [0.1, 0.15) is 51.8 Å². The van der Waals surface area contributed by atoms with Crippen molar-refractivity contribution in [1.82, 2.24) is 20.4 Å². The van der Waals surface area contributed by atoms with Crippen LogP contribution >= 0.6 is 0 Å². The molecule has 0 aromatic carbocycles. The summed E-state index contributed by atoms with van der Waals surface area (Å²) in [6.07, 6.45) is 3.70. The van der Waals surface area contributed by atoms with Crippen LogP contribution < -0.4 is 10.6 Å². The molecule has 0 bridgehead atoms. The number of alkyl carbamates (subject to hydrolysis) is 1. The van der Waals surface area contributed by atoms with Crippen LogP contribution in [-0.4, -0.2) is 34.1 Å². The second-order valence-electron chi connectivity index (χ2n) is 6.66. The van der Waals surface area contributed by atoms with Crippen LogP contribution in [0.2, 0.25) is 0 Å². The Morgan fingerprint density at radius 2 is 2.14 bits per heavy atom. The van der Waals surface area contributed by atoms with Gasteiger partial charge in [-0.3, -0.25) is 4.68 Å². The minimum absolute atomic E-state index is 0.220. The van der Waals surface area contributed by atoms with Gasteiger partial charge in [0.25, 0.3) is 0 Å². The molecule has 1 aromatic rings. The fraction of sp³-hybridized carbons (Fsp3) is 0.750. The van der Waals surface area contributed by atoms with E-state index >= 15 is 0 Å². The number of rotatable bonds is 7. The lowest BCUT2D eigenvalue weighted by Crippen LogP contribution is -2.42. The maximum Gasteiger partial charge on any atom is 0.407 e. The first-order valence-corrected chi connectivity index (χ1v) is 7.90. The molecule has 0 spiro atoms. The van der Waals surface area contributed by atoms with E-state index < -0.39 is 5.60 Å². The molecule has 0 aliphatic heterocycles. The minimum atomic E-state index is -0.468. The van der Waals surface area contributed by atoms with Gasteiger partial charge in [0.15, 0.2) is 0 Å². The zero-order chi connectivity index (χ0) is 16.8. The summed E-state index contributed by atoms with van der Waals surface area (Å²) in [6.45, 7) is 11.0. The highest BCUT2D eigenvalue weighted by molar-refractivity contribution is 5.67. The van der Waals surface area contributed by atoms with Crippen molar-refractivity contribution in [2.75, 3.05) is 6.54 Å². The Kier molecular flexibility index (Phi) is 6.87. The van der Waals surface area contributed by atoms with Gasteiger partial charge in [-0.05, 0) is 34.1 Å². The largest absolute Gasteiger partial charge is 0.444 e. The monoisotopic (exact) mass is 310 g/mol. The predicted molar refractivity (Wildman–Crippen MR) is 87.7 cm³/mol. The number of hydrogen-bond donors (Lipinski definition) is 2. The maximum atomic E-state index is 11.7. The van der Waals surface area contributed by atoms with E-state index in [-0.39, 0.29) is 12.1 Å². The van der Waals surface area contributed by atoms with Crippen molar-refractivity contribution in [2.45, 2.75) is 65.6 Å². The standard InChI is InChI=1S/C16H30N4O2/c1-7-8-14(10-18-15(21)22-16(3,4)5)17-9-13-11-20(6)19-12(13)2/h11,14,17H,7-10H2,1-6H3,(H,18,21). The molecule has 6 nitrogen and oxygen atoms in total. The van der Waals surface area contributed by atoms with E-state index in [2.05, 4.69) is 22.7 Å². The van der Waals surface area contributed by atoms with Gasteiger partial charge in [0, 0.05) is 37.9 Å². The van der Waals surface area contributed by atoms with Crippen LogP contribution in [0.25, 0.3) is 0 Å². The fourth-order valence-electron chi connectivity index (χ4n) is 2.22. The first-order chi connectivity index (χ1) is 10.2. The number of ether oxygens (including phenoxy) is 1. The molecule has 1 atom stereocenters. The normalized spacial score (nSPS) is 13.0. The lowest BCUT2D eigenvalue weighted by atomic mass is 10.1. The summed E-state index contributed by atoms with van der Waals surface area (Å²) >= 11 is 0. The number of aryl methyl sites for hydroxylation is 2. The summed E-state index contributed by atoms with van der Waals surface area (Å²) in [7, 11) is 1.92. The van der Waals surface area contributed by atoms with E-state index in [9.17, 15) is 4.79 Å². The van der Waals surface area contributed by atoms with Crippen molar-refractivity contribution in [1.29, 1.82) is 0 Å². The average molecular weight is 310 g/mol. The SMILES string of the molecule is CCCC(CNC(=O)OC(C)(C)C)NCc1cn(C)nc1C. The van der Waals surface area contributed by atoms with Gasteiger partial charge in [-0.15, -0.1) is 0 Å². The van der Waals surface area contributed by atoms with E-state index in [1.165, 1.54) is 5.56 Å². The van der Waals surface area contributed by atoms with Crippen molar-refractivity contribution in [3.8, 4) is 0 Å². The van der Waals surface area contributed by atoms with Gasteiger partial charge in [-0.25, -0.2) is 4.79 Å². The summed E-state index contributed by atoms with van der Waals surface area (Å²) in [5.41, 5.74) is 1.75. The second-order valence-corrected chi connectivity index (χ2v) is 6.66. The van der Waals surface area contributed by atoms with Gasteiger partial charge in [0.2, 0.25) is 0 Å². The van der Waals surface area contributed by atoms with Gasteiger partial charge < -0.3 is 15.4 Å². The van der Waals surface area contributed by atoms with Gasteiger partial charge in [0.1, 0.15) is 5.60 Å². The molecule has 0 saturated carbocycles. The van der Waals surface area contributed by atoms with Crippen molar-refractivity contribution in [2.24, 2.45) is 7.05 Å². The molecule has 2 N–H and O–H groups in total. The van der Waals surface area contributed by atoms with Gasteiger partial charge in [-0.1, -0.05) is 13.3 Å². The third kappa shape index (κ3) is 6.93. The molecule has 1 amide bonds. The molecule has 0 aliphatic rings. The Morgan fingerprint density at radius 1 is 1.45 bits per heavy atom. The van der Waals surface area contributed by atoms with Crippen molar-refractivity contribution >= 4 is 6.09 Å². The van der Waals surface area contributed by atoms with Gasteiger partial charge >= 0.3 is 6.09 Å². The second kappa shape index (κ2) is 8.17. The fourth-order valence-corrected chi connectivity index (χ4v) is 2.22. The van der Waals surface area contributed by atoms with Gasteiger partial charge in [-0.2, -0.15) is 5.10 Å². The predicted octanol–water partition coefficient (Wildman–Crippen LogP) is 2.51. The number of carbonyl (C=O) groups excluding carboxylic acids is 1. The Bertz CT molecular complexity index is 477. The highest BCUT2D eigenvalue weighted by Gasteiger charge is 2.17. The van der Waals surface area contributed by atoms with Crippen LogP contribution in [0, 0.1) is 6.92 Å². The maximum absolute atomic E-state index is 11.7. The van der Waals surface area contributed by atoms with Crippen LogP contribution in [-0.2, 0) is 18.3 Å². The summed E-state index contributed by atoms with van der Waals surface area (Å²) in [4.78, 5) is 11.7. The Labute approximate surface area is 133 Å². The molecular weight excluding hydrogens is 280 g/mol. The zero-order valence-corrected chi connectivity index (χ0v) is 14.7. The molecule has 6 heteroatoms. The van der Waals surface area contributed by atoms with Crippen LogP contribution in [0.15, 0.2) is 6.20 Å². The topological polar surface area (TPSA) is 68.2 Å². The minimum Gasteiger partial charge on any atom is -0.444 e. The van der Waals surface area contributed by atoms with Crippen LogP contribution in [0.4, 0.5) is 4.79 Å². The van der Waals surface area contributed by atoms with Crippen molar-refractivity contribution in [3.63, 3.8) is 0 Å². The van der Waals surface area contributed by atoms with E-state index in [1.807, 2.05) is 45.6 Å². The highest BCUT2D eigenvalue weighted by Crippen LogP contribution is 2.08. The van der Waals surface area contributed by atoms with E-state index in [1.54, 1.807) is 0 Å². The first kappa shape index (κ1) is 18.5. The third-order valence-corrected chi connectivity index (χ3v) is 3.23. The van der Waals surface area contributed by atoms with Crippen LogP contribution in [0.5, 0.6) is 0 Å². The van der Waals surface area contributed by atoms with E-state index in [0.29, 0.717) is 6.54 Å². The van der Waals surface area contributed by atoms with Gasteiger partial charge in [0.05, 0.1) is 5.69 Å². The molecule has 0 saturated heterocycles. The molecular formula is C16H30N4O2. The highest BCUT2D eigenvalue weighted by atomic mass is 16.6. The molecule has 1 heterocycles. The lowest BCUT2D eigenvalue weighted by molar-refractivity contribution is 0.0521. The summed E-state index contributed by atoms with van der Waals surface area (Å²) in [5, 5.41) is 10.7. The molecule has 0 radical (unpaired) electrons. The number of carbonyl (C=O) groups is 1.